The number of aryl methyl sites for hydroxylation is 1. The number of carbonyl (C=O) groups excluding carboxylic acids is 1. The van der Waals surface area contributed by atoms with Crippen LogP contribution in [0.2, 0.25) is 0 Å². The monoisotopic (exact) mass is 441 g/mol. The summed E-state index contributed by atoms with van der Waals surface area (Å²) in [5.41, 5.74) is 5.28. The summed E-state index contributed by atoms with van der Waals surface area (Å²) in [5, 5.41) is 0. The third-order valence-electron chi connectivity index (χ3n) is 6.50. The lowest BCUT2D eigenvalue weighted by Crippen LogP contribution is -2.40. The van der Waals surface area contributed by atoms with Gasteiger partial charge in [0, 0.05) is 48.7 Å². The number of hydrogen-bond donors (Lipinski definition) is 0. The van der Waals surface area contributed by atoms with Gasteiger partial charge in [0.1, 0.15) is 0 Å². The number of nitrogens with zero attached hydrogens (tertiary/aromatic N) is 3. The van der Waals surface area contributed by atoms with Crippen molar-refractivity contribution in [1.82, 2.24) is 8.87 Å². The Bertz CT molecular complexity index is 1200. The maximum Gasteiger partial charge on any atom is 0.258 e. The maximum atomic E-state index is 13.1. The number of likely N-dealkylation sites (N-methyl/N-ethyl adjacent to an activating group) is 1. The Hall–Kier alpha value is -2.42. The molecule has 0 spiro atoms. The quantitative estimate of drug-likeness (QED) is 0.684. The second-order valence-electron chi connectivity index (χ2n) is 8.55. The average Bonchev–Trinajstić information content (AvgIpc) is 3.52. The minimum Gasteiger partial charge on any atom is -0.379 e. The molecule has 3 aliphatic rings. The molecule has 1 saturated carbocycles. The van der Waals surface area contributed by atoms with E-state index < -0.39 is 10.0 Å². The lowest BCUT2D eigenvalue weighted by Gasteiger charge is -2.26. The number of sulfonamides is 1. The van der Waals surface area contributed by atoms with Crippen molar-refractivity contribution in [2.75, 3.05) is 38.3 Å². The van der Waals surface area contributed by atoms with Crippen molar-refractivity contribution in [2.45, 2.75) is 37.6 Å². The Morgan fingerprint density at radius 1 is 1.10 bits per heavy atom. The number of benzene rings is 1. The van der Waals surface area contributed by atoms with Gasteiger partial charge in [-0.2, -0.15) is 4.31 Å². The van der Waals surface area contributed by atoms with E-state index in [4.69, 9.17) is 4.74 Å². The Morgan fingerprint density at radius 2 is 1.81 bits per heavy atom. The van der Waals surface area contributed by atoms with Crippen LogP contribution in [-0.2, 0) is 19.6 Å². The summed E-state index contributed by atoms with van der Waals surface area (Å²) in [6.07, 6.45) is 4.30. The second kappa shape index (κ2) is 7.32. The lowest BCUT2D eigenvalue weighted by molar-refractivity contribution is -0.112. The highest BCUT2D eigenvalue weighted by Crippen LogP contribution is 2.41. The van der Waals surface area contributed by atoms with Crippen molar-refractivity contribution in [3.8, 4) is 0 Å². The van der Waals surface area contributed by atoms with E-state index in [-0.39, 0.29) is 10.8 Å². The topological polar surface area (TPSA) is 71.8 Å². The summed E-state index contributed by atoms with van der Waals surface area (Å²) in [6.45, 7) is 5.65. The molecule has 1 saturated heterocycles. The second-order valence-corrected chi connectivity index (χ2v) is 10.5. The molecule has 7 nitrogen and oxygen atoms in total. The van der Waals surface area contributed by atoms with Gasteiger partial charge < -0.3 is 14.2 Å². The Labute approximate surface area is 183 Å². The van der Waals surface area contributed by atoms with E-state index in [0.717, 1.165) is 16.9 Å². The van der Waals surface area contributed by atoms with Crippen LogP contribution >= 0.6 is 0 Å². The smallest absolute Gasteiger partial charge is 0.258 e. The Balaban J connectivity index is 1.58. The molecule has 31 heavy (non-hydrogen) atoms. The number of carbonyl (C=O) groups is 1. The zero-order chi connectivity index (χ0) is 21.9. The molecule has 8 heteroatoms. The largest absolute Gasteiger partial charge is 0.379 e. The molecule has 1 aromatic carbocycles. The SMILES string of the molecule is Cc1cc(/C=C2\C(=O)N(C)c3ccc(S(=O)(=O)N4CCOCC4)cc32)c(C)n1C1CC1. The number of rotatable bonds is 4. The highest BCUT2D eigenvalue weighted by Gasteiger charge is 2.34. The molecular weight excluding hydrogens is 414 g/mol. The molecular formula is C23H27N3O4S. The number of fused-ring (bicyclic) bond motifs is 1. The number of morpholine rings is 1. The maximum absolute atomic E-state index is 13.1. The molecule has 0 N–H and O–H groups in total. The summed E-state index contributed by atoms with van der Waals surface area (Å²) in [6, 6.07) is 7.64. The number of aromatic nitrogens is 1. The van der Waals surface area contributed by atoms with Crippen LogP contribution in [-0.4, -0.2) is 56.5 Å². The van der Waals surface area contributed by atoms with Crippen LogP contribution in [0.1, 0.15) is 41.4 Å². The molecule has 1 aliphatic carbocycles. The molecule has 0 atom stereocenters. The van der Waals surface area contributed by atoms with Crippen molar-refractivity contribution in [2.24, 2.45) is 0 Å². The third kappa shape index (κ3) is 3.33. The van der Waals surface area contributed by atoms with Crippen molar-refractivity contribution >= 4 is 33.3 Å². The van der Waals surface area contributed by atoms with Crippen molar-refractivity contribution < 1.29 is 17.9 Å². The van der Waals surface area contributed by atoms with Gasteiger partial charge in [-0.15, -0.1) is 0 Å². The van der Waals surface area contributed by atoms with Crippen molar-refractivity contribution in [3.05, 3.63) is 46.8 Å². The standard InChI is InChI=1S/C23H27N3O4S/c1-15-12-17(16(2)26(15)18-4-5-18)13-21-20-14-19(6-7-22(20)24(3)23(21)27)31(28,29)25-8-10-30-11-9-25/h6-7,12-14,18H,4-5,8-11H2,1-3H3/b21-13-. The normalized spacial score (nSPS) is 21.2. The molecule has 2 aromatic rings. The van der Waals surface area contributed by atoms with E-state index >= 15 is 0 Å². The van der Waals surface area contributed by atoms with Gasteiger partial charge in [-0.1, -0.05) is 0 Å². The summed E-state index contributed by atoms with van der Waals surface area (Å²) >= 11 is 0. The van der Waals surface area contributed by atoms with E-state index in [1.807, 2.05) is 6.08 Å². The van der Waals surface area contributed by atoms with Crippen LogP contribution < -0.4 is 4.90 Å². The first-order valence-electron chi connectivity index (χ1n) is 10.7. The molecule has 5 rings (SSSR count). The summed E-state index contributed by atoms with van der Waals surface area (Å²) in [4.78, 5) is 14.9. The molecule has 2 aliphatic heterocycles. The molecule has 0 unspecified atom stereocenters. The zero-order valence-electron chi connectivity index (χ0n) is 18.1. The highest BCUT2D eigenvalue weighted by atomic mass is 32.2. The van der Waals surface area contributed by atoms with E-state index in [9.17, 15) is 13.2 Å². The zero-order valence-corrected chi connectivity index (χ0v) is 18.9. The third-order valence-corrected chi connectivity index (χ3v) is 8.39. The van der Waals surface area contributed by atoms with Crippen LogP contribution in [0, 0.1) is 13.8 Å². The number of amides is 1. The van der Waals surface area contributed by atoms with Crippen LogP contribution in [0.3, 0.4) is 0 Å². The van der Waals surface area contributed by atoms with E-state index in [0.29, 0.717) is 43.5 Å². The summed E-state index contributed by atoms with van der Waals surface area (Å²) in [5.74, 6) is -0.118. The fourth-order valence-electron chi connectivity index (χ4n) is 4.66. The van der Waals surface area contributed by atoms with Crippen LogP contribution in [0.15, 0.2) is 29.2 Å². The molecule has 3 heterocycles. The van der Waals surface area contributed by atoms with Gasteiger partial charge in [0.25, 0.3) is 5.91 Å². The Kier molecular flexibility index (Phi) is 4.84. The first-order chi connectivity index (χ1) is 14.8. The first kappa shape index (κ1) is 20.5. The van der Waals surface area contributed by atoms with Gasteiger partial charge in [-0.25, -0.2) is 8.42 Å². The Morgan fingerprint density at radius 3 is 2.48 bits per heavy atom. The van der Waals surface area contributed by atoms with Gasteiger partial charge in [-0.3, -0.25) is 4.79 Å². The van der Waals surface area contributed by atoms with Gasteiger partial charge in [0.2, 0.25) is 10.0 Å². The molecule has 0 radical (unpaired) electrons. The lowest BCUT2D eigenvalue weighted by atomic mass is 10.0. The van der Waals surface area contributed by atoms with Gasteiger partial charge in [0.15, 0.2) is 0 Å². The predicted molar refractivity (Wildman–Crippen MR) is 119 cm³/mol. The van der Waals surface area contributed by atoms with Gasteiger partial charge in [0.05, 0.1) is 23.8 Å². The number of ether oxygens (including phenoxy) is 1. The van der Waals surface area contributed by atoms with E-state index in [1.54, 1.807) is 30.1 Å². The van der Waals surface area contributed by atoms with Crippen LogP contribution in [0.25, 0.3) is 11.6 Å². The fraction of sp³-hybridized carbons (Fsp3) is 0.435. The van der Waals surface area contributed by atoms with Crippen molar-refractivity contribution in [1.29, 1.82) is 0 Å². The number of anilines is 1. The molecule has 0 bridgehead atoms. The molecule has 2 fully saturated rings. The van der Waals surface area contributed by atoms with E-state index in [2.05, 4.69) is 24.5 Å². The van der Waals surface area contributed by atoms with Gasteiger partial charge >= 0.3 is 0 Å². The average molecular weight is 442 g/mol. The van der Waals surface area contributed by atoms with Crippen molar-refractivity contribution in [3.63, 3.8) is 0 Å². The van der Waals surface area contributed by atoms with Crippen LogP contribution in [0.4, 0.5) is 5.69 Å². The van der Waals surface area contributed by atoms with Crippen LogP contribution in [0.5, 0.6) is 0 Å². The molecule has 1 aromatic heterocycles. The first-order valence-corrected chi connectivity index (χ1v) is 12.1. The number of hydrogen-bond acceptors (Lipinski definition) is 4. The van der Waals surface area contributed by atoms with Gasteiger partial charge in [-0.05, 0) is 62.6 Å². The van der Waals surface area contributed by atoms with E-state index in [1.165, 1.54) is 22.8 Å². The summed E-state index contributed by atoms with van der Waals surface area (Å²) in [7, 11) is -1.91. The molecule has 164 valence electrons. The summed E-state index contributed by atoms with van der Waals surface area (Å²) < 4.78 is 35.4. The fourth-order valence-corrected chi connectivity index (χ4v) is 6.10. The highest BCUT2D eigenvalue weighted by molar-refractivity contribution is 7.89. The minimum atomic E-state index is -3.64. The molecule has 1 amide bonds. The predicted octanol–water partition coefficient (Wildman–Crippen LogP) is 2.98. The minimum absolute atomic E-state index is 0.118.